The van der Waals surface area contributed by atoms with E-state index in [2.05, 4.69) is 4.99 Å². The van der Waals surface area contributed by atoms with E-state index in [1.807, 2.05) is 31.0 Å². The molecule has 0 aliphatic carbocycles. The average molecular weight is 275 g/mol. The van der Waals surface area contributed by atoms with Gasteiger partial charge in [-0.05, 0) is 26.3 Å². The van der Waals surface area contributed by atoms with E-state index in [0.717, 1.165) is 17.1 Å². The van der Waals surface area contributed by atoms with Crippen LogP contribution in [0.2, 0.25) is 0 Å². The van der Waals surface area contributed by atoms with Gasteiger partial charge in [-0.25, -0.2) is 0 Å². The second-order valence-electron chi connectivity index (χ2n) is 4.96. The van der Waals surface area contributed by atoms with Crippen LogP contribution in [0.1, 0.15) is 27.2 Å². The van der Waals surface area contributed by atoms with Gasteiger partial charge in [0, 0.05) is 18.7 Å². The molecule has 0 aromatic heterocycles. The first kappa shape index (κ1) is 13.9. The number of nitrogens with one attached hydrogen (secondary N) is 1. The van der Waals surface area contributed by atoms with Crippen LogP contribution in [0.5, 0.6) is 0 Å². The molecule has 2 rings (SSSR count). The van der Waals surface area contributed by atoms with Gasteiger partial charge >= 0.3 is 12.1 Å². The van der Waals surface area contributed by atoms with Crippen LogP contribution in [-0.4, -0.2) is 41.4 Å². The van der Waals surface area contributed by atoms with Gasteiger partial charge in [-0.1, -0.05) is 0 Å². The monoisotopic (exact) mass is 275 g/mol. The fourth-order valence-electron chi connectivity index (χ4n) is 2.49. The fourth-order valence-corrected chi connectivity index (χ4v) is 2.49. The molecular weight excluding hydrogens is 259 g/mol. The smallest absolute Gasteiger partial charge is 0.343 e. The molecule has 0 unspecified atom stereocenters. The molecule has 1 amide bonds. The van der Waals surface area contributed by atoms with Gasteiger partial charge in [0.15, 0.2) is 0 Å². The zero-order valence-corrected chi connectivity index (χ0v) is 11.0. The summed E-state index contributed by atoms with van der Waals surface area (Å²) < 4.78 is 36.7. The van der Waals surface area contributed by atoms with Crippen LogP contribution >= 0.6 is 0 Å². The Kier molecular flexibility index (Phi) is 3.32. The number of amidine groups is 1. The molecule has 2 aliphatic rings. The summed E-state index contributed by atoms with van der Waals surface area (Å²) in [6.07, 6.45) is -4.41. The van der Waals surface area contributed by atoms with Gasteiger partial charge < -0.3 is 10.2 Å². The van der Waals surface area contributed by atoms with Crippen molar-refractivity contribution in [1.29, 1.82) is 0 Å². The van der Waals surface area contributed by atoms with E-state index in [4.69, 9.17) is 0 Å². The van der Waals surface area contributed by atoms with Crippen LogP contribution in [0, 0.1) is 0 Å². The summed E-state index contributed by atoms with van der Waals surface area (Å²) in [6, 6.07) is -0.474. The van der Waals surface area contributed by atoms with Gasteiger partial charge in [-0.3, -0.25) is 9.79 Å². The summed E-state index contributed by atoms with van der Waals surface area (Å²) in [5.41, 5.74) is 2.03. The molecule has 1 fully saturated rings. The summed E-state index contributed by atoms with van der Waals surface area (Å²) in [5, 5.41) is 2.04. The summed E-state index contributed by atoms with van der Waals surface area (Å²) >= 11 is 0. The Morgan fingerprint density at radius 1 is 1.42 bits per heavy atom. The summed E-state index contributed by atoms with van der Waals surface area (Å²) in [6.45, 7) is 6.05. The molecule has 0 bridgehead atoms. The third-order valence-corrected chi connectivity index (χ3v) is 3.61. The van der Waals surface area contributed by atoms with E-state index in [-0.39, 0.29) is 6.04 Å². The van der Waals surface area contributed by atoms with E-state index in [1.165, 1.54) is 0 Å². The molecule has 4 nitrogen and oxygen atoms in total. The van der Waals surface area contributed by atoms with Crippen molar-refractivity contribution in [2.45, 2.75) is 45.5 Å². The number of hydrogen-bond acceptors (Lipinski definition) is 3. The number of aliphatic imine (C=N–C) groups is 1. The summed E-state index contributed by atoms with van der Waals surface area (Å²) in [4.78, 5) is 17.3. The number of nitrogens with zero attached hydrogens (tertiary/aromatic N) is 2. The maximum absolute atomic E-state index is 12.2. The lowest BCUT2D eigenvalue weighted by atomic mass is 10.0. The number of fused-ring (bicyclic) bond motifs is 1. The highest BCUT2D eigenvalue weighted by atomic mass is 19.4. The van der Waals surface area contributed by atoms with Crippen LogP contribution in [0.15, 0.2) is 16.3 Å². The molecule has 2 aliphatic heterocycles. The zero-order valence-electron chi connectivity index (χ0n) is 11.0. The minimum Gasteiger partial charge on any atom is -0.343 e. The van der Waals surface area contributed by atoms with Crippen molar-refractivity contribution in [3.8, 4) is 0 Å². The molecule has 0 aromatic rings. The molecule has 0 saturated carbocycles. The van der Waals surface area contributed by atoms with Gasteiger partial charge in [0.05, 0.1) is 12.1 Å². The van der Waals surface area contributed by atoms with Crippen molar-refractivity contribution in [3.63, 3.8) is 0 Å². The molecule has 2 heterocycles. The topological polar surface area (TPSA) is 44.7 Å². The Hall–Kier alpha value is -1.53. The maximum atomic E-state index is 12.2. The molecule has 106 valence electrons. The van der Waals surface area contributed by atoms with E-state index in [1.54, 1.807) is 0 Å². The molecule has 19 heavy (non-hydrogen) atoms. The highest BCUT2D eigenvalue weighted by Gasteiger charge is 2.42. The quantitative estimate of drug-likeness (QED) is 0.793. The highest BCUT2D eigenvalue weighted by Crippen LogP contribution is 2.31. The molecule has 2 atom stereocenters. The third kappa shape index (κ3) is 2.59. The Bertz CT molecular complexity index is 467. The lowest BCUT2D eigenvalue weighted by Crippen LogP contribution is -2.44. The van der Waals surface area contributed by atoms with E-state index >= 15 is 0 Å². The number of amides is 1. The molecule has 0 aromatic carbocycles. The van der Waals surface area contributed by atoms with Gasteiger partial charge in [-0.15, -0.1) is 0 Å². The van der Waals surface area contributed by atoms with Crippen LogP contribution in [0.25, 0.3) is 0 Å². The Labute approximate surface area is 109 Å². The molecule has 0 radical (unpaired) electrons. The van der Waals surface area contributed by atoms with Crippen molar-refractivity contribution < 1.29 is 18.0 Å². The van der Waals surface area contributed by atoms with E-state index < -0.39 is 18.1 Å². The van der Waals surface area contributed by atoms with Gasteiger partial charge in [0.2, 0.25) is 0 Å². The fraction of sp³-hybridized carbons (Fsp3) is 0.667. The first-order valence-corrected chi connectivity index (χ1v) is 6.09. The number of hydrogen-bond donors (Lipinski definition) is 1. The first-order valence-electron chi connectivity index (χ1n) is 6.09. The van der Waals surface area contributed by atoms with Crippen LogP contribution in [-0.2, 0) is 4.79 Å². The van der Waals surface area contributed by atoms with Crippen molar-refractivity contribution >= 4 is 11.7 Å². The SMILES string of the molecule is CC1=N[C@@H](C)C(C)=C2C[C@H](NC(=O)C(F)(F)F)CN12. The predicted octanol–water partition coefficient (Wildman–Crippen LogP) is 1.83. The third-order valence-electron chi connectivity index (χ3n) is 3.61. The largest absolute Gasteiger partial charge is 0.471 e. The zero-order chi connectivity index (χ0) is 14.4. The number of rotatable bonds is 1. The number of carbonyl (C=O) groups is 1. The normalized spacial score (nSPS) is 27.3. The van der Waals surface area contributed by atoms with E-state index in [9.17, 15) is 18.0 Å². The maximum Gasteiger partial charge on any atom is 0.471 e. The number of carbonyl (C=O) groups excluding carboxylic acids is 1. The first-order chi connectivity index (χ1) is 8.70. The van der Waals surface area contributed by atoms with Crippen molar-refractivity contribution in [2.24, 2.45) is 4.99 Å². The van der Waals surface area contributed by atoms with Crippen molar-refractivity contribution in [3.05, 3.63) is 11.3 Å². The molecule has 7 heteroatoms. The minimum absolute atomic E-state index is 0.0447. The Balaban J connectivity index is 2.11. The minimum atomic E-state index is -4.83. The Morgan fingerprint density at radius 3 is 2.63 bits per heavy atom. The van der Waals surface area contributed by atoms with E-state index in [0.29, 0.717) is 13.0 Å². The number of halogens is 3. The van der Waals surface area contributed by atoms with Crippen molar-refractivity contribution in [1.82, 2.24) is 10.2 Å². The van der Waals surface area contributed by atoms with Crippen LogP contribution in [0.3, 0.4) is 0 Å². The lowest BCUT2D eigenvalue weighted by Gasteiger charge is -2.28. The standard InChI is InChI=1S/C12H16F3N3O/c1-6-7(2)16-8(3)18-5-9(4-10(6)18)17-11(19)12(13,14)15/h7,9H,4-5H2,1-3H3,(H,17,19)/t7-,9-/m0/s1. The second-order valence-corrected chi connectivity index (χ2v) is 4.96. The van der Waals surface area contributed by atoms with Crippen LogP contribution < -0.4 is 5.32 Å². The number of alkyl halides is 3. The van der Waals surface area contributed by atoms with Crippen LogP contribution in [0.4, 0.5) is 13.2 Å². The van der Waals surface area contributed by atoms with Crippen molar-refractivity contribution in [2.75, 3.05) is 6.54 Å². The van der Waals surface area contributed by atoms with Gasteiger partial charge in [0.25, 0.3) is 0 Å². The lowest BCUT2D eigenvalue weighted by molar-refractivity contribution is -0.174. The molecular formula is C12H16F3N3O. The summed E-state index contributed by atoms with van der Waals surface area (Å²) in [7, 11) is 0. The van der Waals surface area contributed by atoms with Gasteiger partial charge in [0.1, 0.15) is 5.84 Å². The Morgan fingerprint density at radius 2 is 2.05 bits per heavy atom. The highest BCUT2D eigenvalue weighted by molar-refractivity contribution is 5.85. The van der Waals surface area contributed by atoms with Gasteiger partial charge in [-0.2, -0.15) is 13.2 Å². The molecule has 0 spiro atoms. The second kappa shape index (κ2) is 4.54. The molecule has 1 N–H and O–H groups in total. The average Bonchev–Trinajstić information content (AvgIpc) is 2.69. The molecule has 1 saturated heterocycles. The predicted molar refractivity (Wildman–Crippen MR) is 64.6 cm³/mol. The summed E-state index contributed by atoms with van der Waals surface area (Å²) in [5.74, 6) is -1.09.